The van der Waals surface area contributed by atoms with Gasteiger partial charge in [-0.1, -0.05) is 0 Å². The van der Waals surface area contributed by atoms with Gasteiger partial charge >= 0.3 is 0 Å². The highest BCUT2D eigenvalue weighted by Crippen LogP contribution is 2.34. The standard InChI is InChI=1S/C17H23N3O4/c1-23-13-4-3-12(11-14(13)24-2)15(21)19-7-9-20(10-8-19)16(22)17(18)5-6-17/h3-4,11H,5-10,18H2,1-2H3. The number of rotatable bonds is 4. The van der Waals surface area contributed by atoms with Gasteiger partial charge in [0.15, 0.2) is 11.5 Å². The number of amides is 2. The van der Waals surface area contributed by atoms with Crippen LogP contribution in [0, 0.1) is 0 Å². The lowest BCUT2D eigenvalue weighted by atomic mass is 10.1. The van der Waals surface area contributed by atoms with E-state index in [2.05, 4.69) is 0 Å². The Labute approximate surface area is 141 Å². The molecule has 1 aromatic rings. The quantitative estimate of drug-likeness (QED) is 0.866. The maximum atomic E-state index is 12.7. The van der Waals surface area contributed by atoms with Gasteiger partial charge in [-0.2, -0.15) is 0 Å². The maximum Gasteiger partial charge on any atom is 0.254 e. The van der Waals surface area contributed by atoms with E-state index in [1.54, 1.807) is 35.1 Å². The minimum Gasteiger partial charge on any atom is -0.493 e. The molecular formula is C17H23N3O4. The van der Waals surface area contributed by atoms with Crippen LogP contribution < -0.4 is 15.2 Å². The first-order valence-corrected chi connectivity index (χ1v) is 8.08. The summed E-state index contributed by atoms with van der Waals surface area (Å²) in [6.07, 6.45) is 1.52. The number of carbonyl (C=O) groups is 2. The molecule has 7 nitrogen and oxygen atoms in total. The topological polar surface area (TPSA) is 85.1 Å². The van der Waals surface area contributed by atoms with Gasteiger partial charge in [-0.25, -0.2) is 0 Å². The smallest absolute Gasteiger partial charge is 0.254 e. The summed E-state index contributed by atoms with van der Waals surface area (Å²) in [5, 5.41) is 0. The highest BCUT2D eigenvalue weighted by Gasteiger charge is 2.48. The van der Waals surface area contributed by atoms with Gasteiger partial charge in [0.1, 0.15) is 0 Å². The van der Waals surface area contributed by atoms with Crippen molar-refractivity contribution in [2.45, 2.75) is 18.4 Å². The van der Waals surface area contributed by atoms with Gasteiger partial charge in [-0.15, -0.1) is 0 Å². The van der Waals surface area contributed by atoms with Crippen LogP contribution in [0.2, 0.25) is 0 Å². The summed E-state index contributed by atoms with van der Waals surface area (Å²) in [5.74, 6) is 1.05. The molecule has 24 heavy (non-hydrogen) atoms. The van der Waals surface area contributed by atoms with Gasteiger partial charge in [0.05, 0.1) is 19.8 Å². The van der Waals surface area contributed by atoms with Gasteiger partial charge in [-0.05, 0) is 31.0 Å². The number of nitrogens with two attached hydrogens (primary N) is 1. The lowest BCUT2D eigenvalue weighted by molar-refractivity contribution is -0.135. The lowest BCUT2D eigenvalue weighted by Crippen LogP contribution is -2.55. The molecule has 1 saturated carbocycles. The van der Waals surface area contributed by atoms with Crippen molar-refractivity contribution in [2.75, 3.05) is 40.4 Å². The third-order valence-corrected chi connectivity index (χ3v) is 4.70. The highest BCUT2D eigenvalue weighted by molar-refractivity contribution is 5.95. The Morgan fingerprint density at radius 1 is 1.00 bits per heavy atom. The molecule has 2 N–H and O–H groups in total. The van der Waals surface area contributed by atoms with Crippen molar-refractivity contribution >= 4 is 11.8 Å². The number of ether oxygens (including phenoxy) is 2. The fraction of sp³-hybridized carbons (Fsp3) is 0.529. The molecule has 0 radical (unpaired) electrons. The third kappa shape index (κ3) is 3.03. The van der Waals surface area contributed by atoms with Gasteiger partial charge in [0, 0.05) is 31.7 Å². The number of hydrogen-bond acceptors (Lipinski definition) is 5. The van der Waals surface area contributed by atoms with Gasteiger partial charge in [-0.3, -0.25) is 9.59 Å². The molecule has 0 atom stereocenters. The number of carbonyl (C=O) groups excluding carboxylic acids is 2. The summed E-state index contributed by atoms with van der Waals surface area (Å²) >= 11 is 0. The zero-order valence-electron chi connectivity index (χ0n) is 14.1. The molecule has 0 spiro atoms. The van der Waals surface area contributed by atoms with E-state index in [9.17, 15) is 9.59 Å². The van der Waals surface area contributed by atoms with Crippen LogP contribution in [0.4, 0.5) is 0 Å². The molecule has 0 unspecified atom stereocenters. The van der Waals surface area contributed by atoms with E-state index >= 15 is 0 Å². The average Bonchev–Trinajstić information content (AvgIpc) is 3.38. The summed E-state index contributed by atoms with van der Waals surface area (Å²) in [6, 6.07) is 5.12. The molecule has 1 saturated heterocycles. The second kappa shape index (κ2) is 6.32. The second-order valence-corrected chi connectivity index (χ2v) is 6.31. The minimum absolute atomic E-state index is 0.0146. The molecule has 1 aromatic carbocycles. The molecule has 0 bridgehead atoms. The molecule has 130 valence electrons. The van der Waals surface area contributed by atoms with Gasteiger partial charge in [0.2, 0.25) is 5.91 Å². The van der Waals surface area contributed by atoms with Crippen LogP contribution in [0.25, 0.3) is 0 Å². The Hall–Kier alpha value is -2.28. The summed E-state index contributed by atoms with van der Waals surface area (Å²) in [5.41, 5.74) is 5.87. The number of hydrogen-bond donors (Lipinski definition) is 1. The molecule has 0 aromatic heterocycles. The highest BCUT2D eigenvalue weighted by atomic mass is 16.5. The summed E-state index contributed by atoms with van der Waals surface area (Å²) in [4.78, 5) is 28.4. The predicted octanol–water partition coefficient (Wildman–Crippen LogP) is 0.480. The zero-order valence-corrected chi connectivity index (χ0v) is 14.1. The fourth-order valence-electron chi connectivity index (χ4n) is 2.93. The SMILES string of the molecule is COc1ccc(C(=O)N2CCN(C(=O)C3(N)CC3)CC2)cc1OC. The monoisotopic (exact) mass is 333 g/mol. The van der Waals surface area contributed by atoms with Crippen LogP contribution in [-0.2, 0) is 4.79 Å². The average molecular weight is 333 g/mol. The van der Waals surface area contributed by atoms with Crippen molar-refractivity contribution in [2.24, 2.45) is 5.73 Å². The molecule has 2 aliphatic rings. The van der Waals surface area contributed by atoms with Crippen molar-refractivity contribution in [3.63, 3.8) is 0 Å². The maximum absolute atomic E-state index is 12.7. The molecular weight excluding hydrogens is 310 g/mol. The first-order valence-electron chi connectivity index (χ1n) is 8.08. The van der Waals surface area contributed by atoms with E-state index in [0.717, 1.165) is 12.8 Å². The Morgan fingerprint density at radius 3 is 2.12 bits per heavy atom. The first kappa shape index (κ1) is 16.6. The third-order valence-electron chi connectivity index (χ3n) is 4.70. The Balaban J connectivity index is 1.64. The Bertz CT molecular complexity index is 649. The van der Waals surface area contributed by atoms with Crippen LogP contribution in [-0.4, -0.2) is 67.6 Å². The summed E-state index contributed by atoms with van der Waals surface area (Å²) < 4.78 is 10.4. The summed E-state index contributed by atoms with van der Waals surface area (Å²) in [7, 11) is 3.09. The largest absolute Gasteiger partial charge is 0.493 e. The van der Waals surface area contributed by atoms with Crippen molar-refractivity contribution in [3.05, 3.63) is 23.8 Å². The lowest BCUT2D eigenvalue weighted by Gasteiger charge is -2.36. The van der Waals surface area contributed by atoms with Gasteiger partial charge < -0.3 is 25.0 Å². The predicted molar refractivity (Wildman–Crippen MR) is 88.2 cm³/mol. The van der Waals surface area contributed by atoms with Crippen LogP contribution in [0.15, 0.2) is 18.2 Å². The molecule has 3 rings (SSSR count). The Morgan fingerprint density at radius 2 is 1.58 bits per heavy atom. The van der Waals surface area contributed by atoms with Crippen molar-refractivity contribution in [1.82, 2.24) is 9.80 Å². The van der Waals surface area contributed by atoms with E-state index < -0.39 is 5.54 Å². The zero-order chi connectivity index (χ0) is 17.3. The first-order chi connectivity index (χ1) is 11.5. The number of nitrogens with zero attached hydrogens (tertiary/aromatic N) is 2. The number of benzene rings is 1. The van der Waals surface area contributed by atoms with Crippen molar-refractivity contribution in [1.29, 1.82) is 0 Å². The van der Waals surface area contributed by atoms with E-state index in [-0.39, 0.29) is 11.8 Å². The molecule has 2 amide bonds. The van der Waals surface area contributed by atoms with E-state index in [1.807, 2.05) is 0 Å². The second-order valence-electron chi connectivity index (χ2n) is 6.31. The molecule has 1 heterocycles. The van der Waals surface area contributed by atoms with Crippen LogP contribution in [0.5, 0.6) is 11.5 Å². The minimum atomic E-state index is -0.643. The fourth-order valence-corrected chi connectivity index (χ4v) is 2.93. The number of methoxy groups -OCH3 is 2. The molecule has 1 aliphatic carbocycles. The normalized spacial score (nSPS) is 19.0. The van der Waals surface area contributed by atoms with E-state index in [4.69, 9.17) is 15.2 Å². The van der Waals surface area contributed by atoms with Crippen molar-refractivity contribution < 1.29 is 19.1 Å². The Kier molecular flexibility index (Phi) is 4.36. The summed E-state index contributed by atoms with van der Waals surface area (Å²) in [6.45, 7) is 2.07. The van der Waals surface area contributed by atoms with Crippen LogP contribution in [0.1, 0.15) is 23.2 Å². The molecule has 7 heteroatoms. The van der Waals surface area contributed by atoms with Crippen LogP contribution >= 0.6 is 0 Å². The van der Waals surface area contributed by atoms with Crippen LogP contribution in [0.3, 0.4) is 0 Å². The van der Waals surface area contributed by atoms with Crippen molar-refractivity contribution in [3.8, 4) is 11.5 Å². The van der Waals surface area contributed by atoms with E-state index in [0.29, 0.717) is 43.2 Å². The number of piperazine rings is 1. The molecule has 2 fully saturated rings. The van der Waals surface area contributed by atoms with Gasteiger partial charge in [0.25, 0.3) is 5.91 Å². The molecule has 1 aliphatic heterocycles. The van der Waals surface area contributed by atoms with E-state index in [1.165, 1.54) is 7.11 Å².